The number of nitrogens with one attached hydrogen (secondary N) is 1. The minimum Gasteiger partial charge on any atom is -0.351 e. The van der Waals surface area contributed by atoms with Gasteiger partial charge >= 0.3 is 0 Å². The quantitative estimate of drug-likeness (QED) is 0.834. The summed E-state index contributed by atoms with van der Waals surface area (Å²) in [5.74, 6) is -0.00282. The maximum absolute atomic E-state index is 12.0. The number of likely N-dealkylation sites (N-methyl/N-ethyl adjacent to an activating group) is 1. The van der Waals surface area contributed by atoms with E-state index in [0.717, 1.165) is 36.1 Å². The van der Waals surface area contributed by atoms with Gasteiger partial charge in [-0.1, -0.05) is 29.8 Å². The molecule has 1 rings (SSSR count). The molecule has 0 bridgehead atoms. The lowest BCUT2D eigenvalue weighted by Gasteiger charge is -2.19. The first kappa shape index (κ1) is 16.2. The zero-order chi connectivity index (χ0) is 14.3. The molecule has 0 saturated carbocycles. The first-order valence-electron chi connectivity index (χ1n) is 6.84. The number of hydrogen-bond acceptors (Lipinski definition) is 2. The van der Waals surface area contributed by atoms with E-state index in [0.29, 0.717) is 12.1 Å². The highest BCUT2D eigenvalue weighted by atomic mass is 79.9. The molecule has 3 nitrogen and oxygen atoms in total. The van der Waals surface area contributed by atoms with Crippen LogP contribution in [0.4, 0.5) is 0 Å². The first-order chi connectivity index (χ1) is 9.06. The van der Waals surface area contributed by atoms with E-state index in [9.17, 15) is 4.79 Å². The van der Waals surface area contributed by atoms with Crippen molar-refractivity contribution in [2.24, 2.45) is 0 Å². The van der Waals surface area contributed by atoms with Crippen LogP contribution < -0.4 is 5.32 Å². The fourth-order valence-corrected chi connectivity index (χ4v) is 2.65. The van der Waals surface area contributed by atoms with E-state index in [2.05, 4.69) is 40.0 Å². The van der Waals surface area contributed by atoms with Crippen LogP contribution in [0.2, 0.25) is 0 Å². The Bertz CT molecular complexity index is 400. The first-order valence-corrected chi connectivity index (χ1v) is 7.63. The molecule has 106 valence electrons. The SMILES string of the molecule is CCCN(CC)CCNC(=O)c1cc(C)cc(Br)c1. The highest BCUT2D eigenvalue weighted by Crippen LogP contribution is 2.15. The molecule has 0 heterocycles. The molecule has 0 aliphatic carbocycles. The predicted molar refractivity (Wildman–Crippen MR) is 83.6 cm³/mol. The number of carbonyl (C=O) groups excluding carboxylic acids is 1. The smallest absolute Gasteiger partial charge is 0.251 e. The molecule has 1 aromatic rings. The summed E-state index contributed by atoms with van der Waals surface area (Å²) in [6.45, 7) is 10.0. The second-order valence-corrected chi connectivity index (χ2v) is 5.62. The number of rotatable bonds is 7. The van der Waals surface area contributed by atoms with Crippen molar-refractivity contribution in [2.45, 2.75) is 27.2 Å². The standard InChI is InChI=1S/C15H23BrN2O/c1-4-7-18(5-2)8-6-17-15(19)13-9-12(3)10-14(16)11-13/h9-11H,4-8H2,1-3H3,(H,17,19). The lowest BCUT2D eigenvalue weighted by Crippen LogP contribution is -2.35. The second kappa shape index (κ2) is 8.33. The third kappa shape index (κ3) is 5.74. The molecule has 0 atom stereocenters. The van der Waals surface area contributed by atoms with Crippen molar-refractivity contribution in [3.05, 3.63) is 33.8 Å². The Labute approximate surface area is 124 Å². The van der Waals surface area contributed by atoms with Crippen LogP contribution in [-0.2, 0) is 0 Å². The van der Waals surface area contributed by atoms with Gasteiger partial charge < -0.3 is 10.2 Å². The molecule has 0 aliphatic rings. The van der Waals surface area contributed by atoms with Gasteiger partial charge in [0.05, 0.1) is 0 Å². The molecule has 0 radical (unpaired) electrons. The summed E-state index contributed by atoms with van der Waals surface area (Å²) in [5.41, 5.74) is 1.80. The van der Waals surface area contributed by atoms with Crippen LogP contribution >= 0.6 is 15.9 Å². The molecule has 0 fully saturated rings. The Kier molecular flexibility index (Phi) is 7.10. The van der Waals surface area contributed by atoms with Gasteiger partial charge in [-0.2, -0.15) is 0 Å². The minimum absolute atomic E-state index is 0.00282. The van der Waals surface area contributed by atoms with E-state index in [4.69, 9.17) is 0 Å². The summed E-state index contributed by atoms with van der Waals surface area (Å²) < 4.78 is 0.943. The summed E-state index contributed by atoms with van der Waals surface area (Å²) in [6, 6.07) is 5.76. The molecule has 0 saturated heterocycles. The van der Waals surface area contributed by atoms with E-state index in [-0.39, 0.29) is 5.91 Å². The van der Waals surface area contributed by atoms with Gasteiger partial charge in [0.1, 0.15) is 0 Å². The Morgan fingerprint density at radius 2 is 2.00 bits per heavy atom. The van der Waals surface area contributed by atoms with Gasteiger partial charge in [-0.05, 0) is 50.2 Å². The predicted octanol–water partition coefficient (Wildman–Crippen LogP) is 3.22. The Hall–Kier alpha value is -0.870. The number of benzene rings is 1. The number of halogens is 1. The third-order valence-corrected chi connectivity index (χ3v) is 3.46. The van der Waals surface area contributed by atoms with Crippen LogP contribution in [0, 0.1) is 6.92 Å². The number of nitrogens with zero attached hydrogens (tertiary/aromatic N) is 1. The summed E-state index contributed by atoms with van der Waals surface area (Å²) >= 11 is 3.42. The lowest BCUT2D eigenvalue weighted by molar-refractivity contribution is 0.0948. The molecule has 1 amide bonds. The largest absolute Gasteiger partial charge is 0.351 e. The molecule has 0 aromatic heterocycles. The van der Waals surface area contributed by atoms with Crippen molar-refractivity contribution >= 4 is 21.8 Å². The van der Waals surface area contributed by atoms with E-state index in [1.54, 1.807) is 0 Å². The maximum atomic E-state index is 12.0. The third-order valence-electron chi connectivity index (χ3n) is 3.00. The lowest BCUT2D eigenvalue weighted by atomic mass is 10.1. The fourth-order valence-electron chi connectivity index (χ4n) is 2.04. The van der Waals surface area contributed by atoms with Gasteiger partial charge in [0, 0.05) is 23.1 Å². The highest BCUT2D eigenvalue weighted by molar-refractivity contribution is 9.10. The topological polar surface area (TPSA) is 32.3 Å². The Morgan fingerprint density at radius 1 is 1.26 bits per heavy atom. The summed E-state index contributed by atoms with van der Waals surface area (Å²) in [6.07, 6.45) is 1.15. The van der Waals surface area contributed by atoms with Crippen LogP contribution in [0.15, 0.2) is 22.7 Å². The number of aryl methyl sites for hydroxylation is 1. The van der Waals surface area contributed by atoms with E-state index in [1.807, 2.05) is 25.1 Å². The van der Waals surface area contributed by atoms with Crippen molar-refractivity contribution in [3.8, 4) is 0 Å². The average molecular weight is 327 g/mol. The fraction of sp³-hybridized carbons (Fsp3) is 0.533. The van der Waals surface area contributed by atoms with E-state index < -0.39 is 0 Å². The molecule has 0 aliphatic heterocycles. The van der Waals surface area contributed by atoms with Crippen molar-refractivity contribution < 1.29 is 4.79 Å². The van der Waals surface area contributed by atoms with Gasteiger partial charge in [0.15, 0.2) is 0 Å². The molecule has 19 heavy (non-hydrogen) atoms. The molecule has 0 unspecified atom stereocenters. The minimum atomic E-state index is -0.00282. The summed E-state index contributed by atoms with van der Waals surface area (Å²) in [7, 11) is 0. The van der Waals surface area contributed by atoms with Crippen LogP contribution in [-0.4, -0.2) is 37.0 Å². The van der Waals surface area contributed by atoms with Gasteiger partial charge in [0.25, 0.3) is 5.91 Å². The second-order valence-electron chi connectivity index (χ2n) is 4.71. The zero-order valence-electron chi connectivity index (χ0n) is 12.0. The van der Waals surface area contributed by atoms with Gasteiger partial charge in [-0.3, -0.25) is 4.79 Å². The van der Waals surface area contributed by atoms with E-state index >= 15 is 0 Å². The molecule has 4 heteroatoms. The molecular formula is C15H23BrN2O. The van der Waals surface area contributed by atoms with Crippen molar-refractivity contribution in [2.75, 3.05) is 26.2 Å². The number of amides is 1. The van der Waals surface area contributed by atoms with Crippen LogP contribution in [0.1, 0.15) is 36.2 Å². The zero-order valence-corrected chi connectivity index (χ0v) is 13.6. The Morgan fingerprint density at radius 3 is 2.58 bits per heavy atom. The monoisotopic (exact) mass is 326 g/mol. The number of hydrogen-bond donors (Lipinski definition) is 1. The van der Waals surface area contributed by atoms with Crippen molar-refractivity contribution in [1.29, 1.82) is 0 Å². The molecule has 0 spiro atoms. The molecule has 1 N–H and O–H groups in total. The van der Waals surface area contributed by atoms with Gasteiger partial charge in [-0.25, -0.2) is 0 Å². The summed E-state index contributed by atoms with van der Waals surface area (Å²) in [4.78, 5) is 14.4. The number of carbonyl (C=O) groups is 1. The molecule has 1 aromatic carbocycles. The van der Waals surface area contributed by atoms with Crippen LogP contribution in [0.25, 0.3) is 0 Å². The maximum Gasteiger partial charge on any atom is 0.251 e. The molecular weight excluding hydrogens is 304 g/mol. The van der Waals surface area contributed by atoms with Crippen LogP contribution in [0.5, 0.6) is 0 Å². The van der Waals surface area contributed by atoms with E-state index in [1.165, 1.54) is 0 Å². The van der Waals surface area contributed by atoms with Crippen molar-refractivity contribution in [1.82, 2.24) is 10.2 Å². The van der Waals surface area contributed by atoms with Gasteiger partial charge in [-0.15, -0.1) is 0 Å². The Balaban J connectivity index is 2.46. The van der Waals surface area contributed by atoms with Gasteiger partial charge in [0.2, 0.25) is 0 Å². The van der Waals surface area contributed by atoms with Crippen molar-refractivity contribution in [3.63, 3.8) is 0 Å². The normalized spacial score (nSPS) is 10.8. The average Bonchev–Trinajstić information content (AvgIpc) is 2.36. The van der Waals surface area contributed by atoms with Crippen LogP contribution in [0.3, 0.4) is 0 Å². The highest BCUT2D eigenvalue weighted by Gasteiger charge is 2.07. The summed E-state index contributed by atoms with van der Waals surface area (Å²) in [5, 5.41) is 2.98.